The summed E-state index contributed by atoms with van der Waals surface area (Å²) in [5.41, 5.74) is 0.839. The van der Waals surface area contributed by atoms with E-state index in [1.54, 1.807) is 35.7 Å². The second-order valence-electron chi connectivity index (χ2n) is 5.08. The Kier molecular flexibility index (Phi) is 4.00. The molecule has 0 spiro atoms. The first-order valence-electron chi connectivity index (χ1n) is 6.64. The monoisotopic (exact) mass is 338 g/mol. The van der Waals surface area contributed by atoms with Gasteiger partial charge >= 0.3 is 0 Å². The number of thioether (sulfide) groups is 1. The minimum Gasteiger partial charge on any atom is -0.273 e. The van der Waals surface area contributed by atoms with Crippen LogP contribution in [-0.2, 0) is 14.6 Å². The van der Waals surface area contributed by atoms with Gasteiger partial charge in [0, 0.05) is 19.3 Å². The number of aliphatic imine (C=N–C) groups is 1. The molecule has 3 heterocycles. The smallest absolute Gasteiger partial charge is 0.245 e. The van der Waals surface area contributed by atoms with Crippen molar-refractivity contribution >= 4 is 38.9 Å². The second kappa shape index (κ2) is 5.81. The van der Waals surface area contributed by atoms with Gasteiger partial charge in [-0.2, -0.15) is 10.1 Å². The molecule has 0 aliphatic carbocycles. The molecule has 1 aromatic rings. The van der Waals surface area contributed by atoms with Crippen LogP contribution < -0.4 is 0 Å². The average molecular weight is 338 g/mol. The van der Waals surface area contributed by atoms with E-state index in [4.69, 9.17) is 0 Å². The molecule has 9 heteroatoms. The lowest BCUT2D eigenvalue weighted by Gasteiger charge is -2.17. The van der Waals surface area contributed by atoms with E-state index in [1.165, 1.54) is 18.7 Å². The Morgan fingerprint density at radius 1 is 1.41 bits per heavy atom. The number of nitrogens with zero attached hydrogens (tertiary/aromatic N) is 4. The van der Waals surface area contributed by atoms with Crippen molar-refractivity contribution in [1.82, 2.24) is 9.99 Å². The number of amides is 1. The lowest BCUT2D eigenvalue weighted by molar-refractivity contribution is -0.115. The minimum atomic E-state index is -3.06. The Hall–Kier alpha value is -1.74. The van der Waals surface area contributed by atoms with Gasteiger partial charge in [-0.3, -0.25) is 9.78 Å². The van der Waals surface area contributed by atoms with Crippen molar-refractivity contribution in [3.63, 3.8) is 0 Å². The number of fused-ring (bicyclic) bond motifs is 1. The van der Waals surface area contributed by atoms with Gasteiger partial charge < -0.3 is 0 Å². The molecular formula is C13H14N4O3S2. The van der Waals surface area contributed by atoms with E-state index in [0.717, 1.165) is 5.56 Å². The standard InChI is InChI=1S/C13H14N4O3S2/c1-9(18)16-13-17(15-6-10-2-4-14-5-3-10)11-7-22(19,20)8-12(11)21-13/h2-6,11-12H,7-8H2,1H3/b15-6-,16-13?/t11-,12-/m1/s1. The topological polar surface area (TPSA) is 92.1 Å². The van der Waals surface area contributed by atoms with Crippen molar-refractivity contribution in [3.8, 4) is 0 Å². The van der Waals surface area contributed by atoms with Gasteiger partial charge in [-0.1, -0.05) is 11.8 Å². The summed E-state index contributed by atoms with van der Waals surface area (Å²) in [6.45, 7) is 1.36. The highest BCUT2D eigenvalue weighted by atomic mass is 32.2. The first-order valence-corrected chi connectivity index (χ1v) is 9.34. The largest absolute Gasteiger partial charge is 0.273 e. The maximum atomic E-state index is 11.8. The van der Waals surface area contributed by atoms with Crippen LogP contribution in [0, 0.1) is 0 Å². The summed E-state index contributed by atoms with van der Waals surface area (Å²) in [5.74, 6) is -0.190. The molecule has 22 heavy (non-hydrogen) atoms. The van der Waals surface area contributed by atoms with E-state index in [1.807, 2.05) is 0 Å². The molecule has 2 fully saturated rings. The van der Waals surface area contributed by atoms with Gasteiger partial charge in [-0.25, -0.2) is 13.4 Å². The molecule has 0 unspecified atom stereocenters. The second-order valence-corrected chi connectivity index (χ2v) is 8.44. The summed E-state index contributed by atoms with van der Waals surface area (Å²) >= 11 is 1.30. The number of carbonyl (C=O) groups is 1. The molecule has 3 rings (SSSR count). The summed E-state index contributed by atoms with van der Waals surface area (Å²) in [6.07, 6.45) is 4.91. The van der Waals surface area contributed by atoms with Crippen LogP contribution in [0.4, 0.5) is 0 Å². The van der Waals surface area contributed by atoms with E-state index in [9.17, 15) is 13.2 Å². The third-order valence-corrected chi connectivity index (χ3v) is 6.53. The normalized spacial score (nSPS) is 28.4. The zero-order valence-electron chi connectivity index (χ0n) is 11.8. The van der Waals surface area contributed by atoms with Crippen molar-refractivity contribution in [3.05, 3.63) is 30.1 Å². The van der Waals surface area contributed by atoms with Crippen LogP contribution >= 0.6 is 11.8 Å². The van der Waals surface area contributed by atoms with Crippen LogP contribution in [0.25, 0.3) is 0 Å². The third kappa shape index (κ3) is 3.20. The highest BCUT2D eigenvalue weighted by Gasteiger charge is 2.49. The molecule has 2 saturated heterocycles. The molecule has 2 aliphatic rings. The molecule has 116 valence electrons. The number of hydrogen-bond donors (Lipinski definition) is 0. The van der Waals surface area contributed by atoms with Gasteiger partial charge in [0.05, 0.1) is 29.0 Å². The summed E-state index contributed by atoms with van der Waals surface area (Å²) in [6, 6.07) is 3.31. The van der Waals surface area contributed by atoms with Gasteiger partial charge in [-0.15, -0.1) is 0 Å². The lowest BCUT2D eigenvalue weighted by atomic mass is 10.2. The fourth-order valence-electron chi connectivity index (χ4n) is 2.39. The van der Waals surface area contributed by atoms with Gasteiger partial charge in [0.15, 0.2) is 15.0 Å². The summed E-state index contributed by atoms with van der Waals surface area (Å²) in [7, 11) is -3.06. The number of sulfone groups is 1. The molecule has 2 atom stereocenters. The Balaban J connectivity index is 1.89. The number of carbonyl (C=O) groups excluding carboxylic acids is 1. The molecule has 2 aliphatic heterocycles. The van der Waals surface area contributed by atoms with Gasteiger partial charge in [0.25, 0.3) is 0 Å². The van der Waals surface area contributed by atoms with E-state index in [-0.39, 0.29) is 28.7 Å². The highest BCUT2D eigenvalue weighted by Crippen LogP contribution is 2.38. The van der Waals surface area contributed by atoms with Crippen molar-refractivity contribution < 1.29 is 13.2 Å². The van der Waals surface area contributed by atoms with Gasteiger partial charge in [0.1, 0.15) is 0 Å². The molecule has 0 saturated carbocycles. The van der Waals surface area contributed by atoms with Gasteiger partial charge in [-0.05, 0) is 17.7 Å². The molecule has 7 nitrogen and oxygen atoms in total. The lowest BCUT2D eigenvalue weighted by Crippen LogP contribution is -2.33. The fourth-order valence-corrected chi connectivity index (χ4v) is 6.27. The fraction of sp³-hybridized carbons (Fsp3) is 0.385. The number of pyridine rings is 1. The maximum absolute atomic E-state index is 11.8. The van der Waals surface area contributed by atoms with Crippen LogP contribution in [0.2, 0.25) is 0 Å². The molecule has 1 amide bonds. The van der Waals surface area contributed by atoms with Crippen LogP contribution in [0.1, 0.15) is 12.5 Å². The first kappa shape index (κ1) is 15.2. The van der Waals surface area contributed by atoms with Crippen molar-refractivity contribution in [2.45, 2.75) is 18.2 Å². The van der Waals surface area contributed by atoms with E-state index >= 15 is 0 Å². The predicted octanol–water partition coefficient (Wildman–Crippen LogP) is 0.532. The van der Waals surface area contributed by atoms with Crippen molar-refractivity contribution in [2.75, 3.05) is 11.5 Å². The molecule has 0 bridgehead atoms. The number of amidine groups is 1. The Labute approximate surface area is 132 Å². The number of hydrazone groups is 1. The molecule has 0 N–H and O–H groups in total. The Bertz CT molecular complexity index is 746. The first-order chi connectivity index (χ1) is 10.4. The van der Waals surface area contributed by atoms with Crippen molar-refractivity contribution in [1.29, 1.82) is 0 Å². The number of aromatic nitrogens is 1. The van der Waals surface area contributed by atoms with Crippen LogP contribution in [-0.4, -0.2) is 58.5 Å². The van der Waals surface area contributed by atoms with Crippen LogP contribution in [0.15, 0.2) is 34.6 Å². The van der Waals surface area contributed by atoms with E-state index < -0.39 is 9.84 Å². The SMILES string of the molecule is CC(=O)N=C1S[C@@H]2CS(=O)(=O)C[C@H]2N1/N=C\c1ccncc1. The molecule has 1 aromatic heterocycles. The van der Waals surface area contributed by atoms with E-state index in [0.29, 0.717) is 5.17 Å². The highest BCUT2D eigenvalue weighted by molar-refractivity contribution is 8.15. The molecular weight excluding hydrogens is 324 g/mol. The quantitative estimate of drug-likeness (QED) is 0.731. The molecule has 0 aromatic carbocycles. The molecule has 0 radical (unpaired) electrons. The summed E-state index contributed by atoms with van der Waals surface area (Å²) in [4.78, 5) is 19.1. The summed E-state index contributed by atoms with van der Waals surface area (Å²) in [5, 5.41) is 6.24. The predicted molar refractivity (Wildman–Crippen MR) is 85.6 cm³/mol. The van der Waals surface area contributed by atoms with Crippen LogP contribution in [0.3, 0.4) is 0 Å². The van der Waals surface area contributed by atoms with Crippen molar-refractivity contribution in [2.24, 2.45) is 10.1 Å². The number of hydrogen-bond acceptors (Lipinski definition) is 6. The van der Waals surface area contributed by atoms with Gasteiger partial charge in [0.2, 0.25) is 5.91 Å². The average Bonchev–Trinajstić information content (AvgIpc) is 2.88. The third-order valence-electron chi connectivity index (χ3n) is 3.33. The Morgan fingerprint density at radius 2 is 2.14 bits per heavy atom. The maximum Gasteiger partial charge on any atom is 0.245 e. The van der Waals surface area contributed by atoms with E-state index in [2.05, 4.69) is 15.1 Å². The summed E-state index contributed by atoms with van der Waals surface area (Å²) < 4.78 is 23.6. The zero-order chi connectivity index (χ0) is 15.7. The Morgan fingerprint density at radius 3 is 2.82 bits per heavy atom. The zero-order valence-corrected chi connectivity index (χ0v) is 13.4. The van der Waals surface area contributed by atoms with Crippen LogP contribution in [0.5, 0.6) is 0 Å². The number of rotatable bonds is 2. The minimum absolute atomic E-state index is 0.0370.